The Labute approximate surface area is 119 Å². The molecule has 0 aliphatic carbocycles. The average molecular weight is 288 g/mol. The lowest BCUT2D eigenvalue weighted by Crippen LogP contribution is -2.30. The van der Waals surface area contributed by atoms with E-state index in [1.807, 2.05) is 0 Å². The van der Waals surface area contributed by atoms with Crippen LogP contribution in [0.2, 0.25) is 0 Å². The van der Waals surface area contributed by atoms with Crippen LogP contribution in [0, 0.1) is 0 Å². The highest BCUT2D eigenvalue weighted by molar-refractivity contribution is 7.15. The van der Waals surface area contributed by atoms with Crippen LogP contribution in [0.3, 0.4) is 0 Å². The normalized spacial score (nSPS) is 11.3. The molecule has 0 atom stereocenters. The number of aliphatic hydroxyl groups is 1. The number of rotatable bonds is 9. The van der Waals surface area contributed by atoms with Gasteiger partial charge in [0.05, 0.1) is 30.4 Å². The minimum absolute atomic E-state index is 0.0492. The van der Waals surface area contributed by atoms with Crippen molar-refractivity contribution in [1.29, 1.82) is 0 Å². The fourth-order valence-corrected chi connectivity index (χ4v) is 2.88. The summed E-state index contributed by atoms with van der Waals surface area (Å²) >= 11 is 1.55. The highest BCUT2D eigenvalue weighted by Gasteiger charge is 2.17. The summed E-state index contributed by atoms with van der Waals surface area (Å²) in [7, 11) is 3.38. The molecule has 0 aliphatic heterocycles. The van der Waals surface area contributed by atoms with Gasteiger partial charge in [-0.1, -0.05) is 25.2 Å². The van der Waals surface area contributed by atoms with Gasteiger partial charge in [0.1, 0.15) is 0 Å². The van der Waals surface area contributed by atoms with Crippen molar-refractivity contribution in [3.8, 4) is 0 Å². The molecule has 0 bridgehead atoms. The Morgan fingerprint density at radius 3 is 2.16 bits per heavy atom. The van der Waals surface area contributed by atoms with Crippen LogP contribution in [-0.4, -0.2) is 50.6 Å². The topological polar surface area (TPSA) is 54.8 Å². The highest BCUT2D eigenvalue weighted by Crippen LogP contribution is 2.30. The van der Waals surface area contributed by atoms with Crippen LogP contribution in [0.1, 0.15) is 30.3 Å². The molecular weight excluding hydrogens is 264 g/mol. The molecule has 0 fully saturated rings. The number of hydrogen-bond acceptors (Lipinski definition) is 6. The monoisotopic (exact) mass is 288 g/mol. The molecule has 1 aromatic heterocycles. The maximum Gasteiger partial charge on any atom is 0.186 e. The zero-order chi connectivity index (χ0) is 14.3. The molecule has 0 radical (unpaired) electrons. The number of aromatic nitrogens is 1. The molecule has 0 spiro atoms. The molecule has 5 nitrogen and oxygen atoms in total. The zero-order valence-corrected chi connectivity index (χ0v) is 13.0. The van der Waals surface area contributed by atoms with Crippen LogP contribution >= 0.6 is 11.3 Å². The maximum atomic E-state index is 9.42. The predicted octanol–water partition coefficient (Wildman–Crippen LogP) is 1.86. The second-order valence-corrected chi connectivity index (χ2v) is 5.65. The van der Waals surface area contributed by atoms with Crippen LogP contribution in [-0.2, 0) is 16.1 Å². The van der Waals surface area contributed by atoms with Gasteiger partial charge in [-0.25, -0.2) is 4.98 Å². The molecule has 19 heavy (non-hydrogen) atoms. The van der Waals surface area contributed by atoms with Crippen LogP contribution in [0.4, 0.5) is 5.13 Å². The highest BCUT2D eigenvalue weighted by atomic mass is 32.1. The molecule has 6 heteroatoms. The summed E-state index contributed by atoms with van der Waals surface area (Å²) < 4.78 is 10.3. The van der Waals surface area contributed by atoms with Crippen molar-refractivity contribution in [2.24, 2.45) is 0 Å². The molecule has 0 saturated heterocycles. The second kappa shape index (κ2) is 8.47. The van der Waals surface area contributed by atoms with E-state index >= 15 is 0 Å². The lowest BCUT2D eigenvalue weighted by molar-refractivity contribution is 0.190. The molecule has 0 aliphatic rings. The lowest BCUT2D eigenvalue weighted by atomic mass is 10.1. The molecule has 1 N–H and O–H groups in total. The minimum Gasteiger partial charge on any atom is -0.391 e. The van der Waals surface area contributed by atoms with E-state index in [-0.39, 0.29) is 6.61 Å². The Balaban J connectivity index is 2.87. The molecule has 1 heterocycles. The van der Waals surface area contributed by atoms with Gasteiger partial charge in [0.15, 0.2) is 5.13 Å². The zero-order valence-electron chi connectivity index (χ0n) is 12.2. The largest absolute Gasteiger partial charge is 0.391 e. The molecule has 1 rings (SSSR count). The van der Waals surface area contributed by atoms with E-state index < -0.39 is 0 Å². The number of methoxy groups -OCH3 is 2. The Kier molecular flexibility index (Phi) is 7.30. The third kappa shape index (κ3) is 4.72. The Morgan fingerprint density at radius 2 is 1.79 bits per heavy atom. The van der Waals surface area contributed by atoms with Gasteiger partial charge in [0.2, 0.25) is 0 Å². The van der Waals surface area contributed by atoms with Gasteiger partial charge >= 0.3 is 0 Å². The van der Waals surface area contributed by atoms with Gasteiger partial charge in [-0.2, -0.15) is 0 Å². The summed E-state index contributed by atoms with van der Waals surface area (Å²) in [4.78, 5) is 7.75. The molecule has 1 aromatic rings. The number of thiazole rings is 1. The number of hydrogen-bond donors (Lipinski definition) is 1. The Hall–Kier alpha value is -0.690. The molecule has 0 unspecified atom stereocenters. The number of aliphatic hydroxyl groups excluding tert-OH is 1. The van der Waals surface area contributed by atoms with Gasteiger partial charge in [-0.15, -0.1) is 0 Å². The van der Waals surface area contributed by atoms with Crippen LogP contribution in [0.25, 0.3) is 0 Å². The van der Waals surface area contributed by atoms with Gasteiger partial charge in [-0.3, -0.25) is 0 Å². The van der Waals surface area contributed by atoms with Crippen molar-refractivity contribution in [1.82, 2.24) is 4.98 Å². The van der Waals surface area contributed by atoms with E-state index in [1.165, 1.54) is 0 Å². The fourth-order valence-electron chi connectivity index (χ4n) is 1.76. The van der Waals surface area contributed by atoms with E-state index in [2.05, 4.69) is 23.7 Å². The minimum atomic E-state index is 0.0492. The number of nitrogens with zero attached hydrogens (tertiary/aromatic N) is 2. The summed E-state index contributed by atoms with van der Waals surface area (Å²) in [5, 5.41) is 10.3. The van der Waals surface area contributed by atoms with Crippen molar-refractivity contribution < 1.29 is 14.6 Å². The number of ether oxygens (including phenoxy) is 2. The molecule has 0 amide bonds. The summed E-state index contributed by atoms with van der Waals surface area (Å²) in [6.07, 6.45) is 0. The van der Waals surface area contributed by atoms with Crippen molar-refractivity contribution in [2.45, 2.75) is 26.4 Å². The third-order valence-corrected chi connectivity index (χ3v) is 3.92. The lowest BCUT2D eigenvalue weighted by Gasteiger charge is -2.20. The van der Waals surface area contributed by atoms with Crippen molar-refractivity contribution in [3.63, 3.8) is 0 Å². The molecule has 110 valence electrons. The summed E-state index contributed by atoms with van der Waals surface area (Å²) in [6, 6.07) is 0. The maximum absolute atomic E-state index is 9.42. The van der Waals surface area contributed by atoms with Crippen molar-refractivity contribution in [2.75, 3.05) is 45.4 Å². The predicted molar refractivity (Wildman–Crippen MR) is 78.1 cm³/mol. The van der Waals surface area contributed by atoms with Gasteiger partial charge < -0.3 is 19.5 Å². The van der Waals surface area contributed by atoms with Gasteiger partial charge in [0, 0.05) is 27.3 Å². The first-order valence-electron chi connectivity index (χ1n) is 6.47. The first kappa shape index (κ1) is 16.4. The van der Waals surface area contributed by atoms with Crippen molar-refractivity contribution >= 4 is 16.5 Å². The Bertz CT molecular complexity index is 361. The summed E-state index contributed by atoms with van der Waals surface area (Å²) in [6.45, 7) is 7.07. The van der Waals surface area contributed by atoms with E-state index in [9.17, 15) is 5.11 Å². The third-order valence-electron chi connectivity index (χ3n) is 2.81. The van der Waals surface area contributed by atoms with Crippen LogP contribution < -0.4 is 4.90 Å². The first-order valence-corrected chi connectivity index (χ1v) is 7.29. The Morgan fingerprint density at radius 1 is 1.21 bits per heavy atom. The molecule has 0 aromatic carbocycles. The fraction of sp³-hybridized carbons (Fsp3) is 0.769. The number of anilines is 1. The molecule has 0 saturated carbocycles. The van der Waals surface area contributed by atoms with Crippen LogP contribution in [0.5, 0.6) is 0 Å². The van der Waals surface area contributed by atoms with Crippen LogP contribution in [0.15, 0.2) is 0 Å². The van der Waals surface area contributed by atoms with E-state index in [0.717, 1.165) is 28.8 Å². The smallest absolute Gasteiger partial charge is 0.186 e. The van der Waals surface area contributed by atoms with E-state index in [1.54, 1.807) is 25.6 Å². The summed E-state index contributed by atoms with van der Waals surface area (Å²) in [5.74, 6) is 0.318. The van der Waals surface area contributed by atoms with Crippen molar-refractivity contribution in [3.05, 3.63) is 10.6 Å². The van der Waals surface area contributed by atoms with Gasteiger partial charge in [-0.05, 0) is 5.92 Å². The van der Waals surface area contributed by atoms with E-state index in [0.29, 0.717) is 19.1 Å². The second-order valence-electron chi connectivity index (χ2n) is 4.59. The average Bonchev–Trinajstić information content (AvgIpc) is 2.83. The van der Waals surface area contributed by atoms with Gasteiger partial charge in [0.25, 0.3) is 0 Å². The standard InChI is InChI=1S/C13H24N2O3S/c1-10(2)12-11(9-16)19-13(14-12)15(5-7-17-3)6-8-18-4/h10,16H,5-9H2,1-4H3. The molecular formula is C13H24N2O3S. The first-order chi connectivity index (χ1) is 9.13. The summed E-state index contributed by atoms with van der Waals surface area (Å²) in [5.41, 5.74) is 0.988. The van der Waals surface area contributed by atoms with E-state index in [4.69, 9.17) is 9.47 Å². The SMILES string of the molecule is COCCN(CCOC)c1nc(C(C)C)c(CO)s1. The quantitative estimate of drug-likeness (QED) is 0.751.